The summed E-state index contributed by atoms with van der Waals surface area (Å²) < 4.78 is 2.32. The molecule has 0 atom stereocenters. The van der Waals surface area contributed by atoms with Crippen molar-refractivity contribution in [1.82, 2.24) is 9.47 Å². The molecule has 3 aromatic rings. The van der Waals surface area contributed by atoms with Crippen molar-refractivity contribution in [3.05, 3.63) is 57.0 Å². The Balaban J connectivity index is 1.64. The monoisotopic (exact) mass is 411 g/mol. The number of thiophene rings is 1. The van der Waals surface area contributed by atoms with E-state index in [0.717, 1.165) is 43.0 Å². The summed E-state index contributed by atoms with van der Waals surface area (Å²) in [6, 6.07) is 10.6. The van der Waals surface area contributed by atoms with Gasteiger partial charge in [-0.15, -0.1) is 22.7 Å². The van der Waals surface area contributed by atoms with E-state index < -0.39 is 0 Å². The molecule has 0 spiro atoms. The quantitative estimate of drug-likeness (QED) is 0.553. The molecule has 6 heteroatoms. The summed E-state index contributed by atoms with van der Waals surface area (Å²) >= 11 is 3.44. The van der Waals surface area contributed by atoms with Gasteiger partial charge in [0.1, 0.15) is 0 Å². The Morgan fingerprint density at radius 3 is 2.75 bits per heavy atom. The molecular weight excluding hydrogens is 386 g/mol. The minimum Gasteiger partial charge on any atom is -0.343 e. The Morgan fingerprint density at radius 1 is 1.14 bits per heavy atom. The minimum absolute atomic E-state index is 0.300. The van der Waals surface area contributed by atoms with Gasteiger partial charge < -0.3 is 9.47 Å². The first-order valence-electron chi connectivity index (χ1n) is 9.74. The van der Waals surface area contributed by atoms with E-state index in [2.05, 4.69) is 59.5 Å². The van der Waals surface area contributed by atoms with E-state index in [1.807, 2.05) is 4.90 Å². The Bertz CT molecular complexity index is 1030. The van der Waals surface area contributed by atoms with Gasteiger partial charge in [0.15, 0.2) is 4.80 Å². The molecule has 1 aromatic carbocycles. The Kier molecular flexibility index (Phi) is 5.78. The number of amides is 1. The molecule has 28 heavy (non-hydrogen) atoms. The molecule has 4 rings (SSSR count). The van der Waals surface area contributed by atoms with Crippen LogP contribution >= 0.6 is 22.7 Å². The second-order valence-electron chi connectivity index (χ2n) is 7.27. The van der Waals surface area contributed by atoms with Gasteiger partial charge in [-0.25, -0.2) is 4.99 Å². The lowest BCUT2D eigenvalue weighted by Gasteiger charge is -2.16. The van der Waals surface area contributed by atoms with Crippen molar-refractivity contribution < 1.29 is 4.79 Å². The third kappa shape index (κ3) is 4.13. The standard InChI is InChI=1S/C22H25N3OS2/c1-16-8-9-18(17(2)14-16)23-22-25(12-5-11-24-10-3-7-21(24)26)19(15-28-22)20-6-4-13-27-20/h4,6,8-9,13-15H,3,5,7,10-12H2,1-2H3. The highest BCUT2D eigenvalue weighted by Crippen LogP contribution is 2.26. The van der Waals surface area contributed by atoms with Crippen molar-refractivity contribution in [1.29, 1.82) is 0 Å². The second kappa shape index (κ2) is 8.45. The van der Waals surface area contributed by atoms with Gasteiger partial charge in [-0.05, 0) is 49.8 Å². The maximum atomic E-state index is 11.9. The smallest absolute Gasteiger partial charge is 0.222 e. The van der Waals surface area contributed by atoms with Crippen LogP contribution in [0.1, 0.15) is 30.4 Å². The average Bonchev–Trinajstić information content (AvgIpc) is 3.40. The number of benzene rings is 1. The summed E-state index contributed by atoms with van der Waals surface area (Å²) in [5.41, 5.74) is 4.69. The number of rotatable bonds is 6. The molecule has 1 aliphatic rings. The molecule has 0 aliphatic carbocycles. The van der Waals surface area contributed by atoms with Crippen LogP contribution in [0.4, 0.5) is 5.69 Å². The highest BCUT2D eigenvalue weighted by molar-refractivity contribution is 7.14. The van der Waals surface area contributed by atoms with Crippen molar-refractivity contribution in [3.63, 3.8) is 0 Å². The molecule has 0 saturated carbocycles. The molecule has 1 fully saturated rings. The fourth-order valence-corrected chi connectivity index (χ4v) is 5.42. The van der Waals surface area contributed by atoms with E-state index in [9.17, 15) is 4.79 Å². The summed E-state index contributed by atoms with van der Waals surface area (Å²) in [5.74, 6) is 0.300. The zero-order chi connectivity index (χ0) is 19.5. The third-order valence-corrected chi connectivity index (χ3v) is 6.88. The zero-order valence-corrected chi connectivity index (χ0v) is 18.0. The van der Waals surface area contributed by atoms with Crippen LogP contribution in [-0.4, -0.2) is 28.5 Å². The molecular formula is C22H25N3OS2. The van der Waals surface area contributed by atoms with Crippen LogP contribution in [0.2, 0.25) is 0 Å². The van der Waals surface area contributed by atoms with E-state index in [1.54, 1.807) is 22.7 Å². The molecule has 146 valence electrons. The third-order valence-electron chi connectivity index (χ3n) is 5.12. The normalized spacial score (nSPS) is 15.0. The predicted molar refractivity (Wildman–Crippen MR) is 117 cm³/mol. The summed E-state index contributed by atoms with van der Waals surface area (Å²) in [6.07, 6.45) is 2.65. The van der Waals surface area contributed by atoms with E-state index >= 15 is 0 Å². The number of aromatic nitrogens is 1. The largest absolute Gasteiger partial charge is 0.343 e. The summed E-state index contributed by atoms with van der Waals surface area (Å²) in [7, 11) is 0. The van der Waals surface area contributed by atoms with Gasteiger partial charge >= 0.3 is 0 Å². The van der Waals surface area contributed by atoms with E-state index in [1.165, 1.54) is 21.7 Å². The number of likely N-dealkylation sites (tertiary alicyclic amines) is 1. The Labute approximate surface area is 173 Å². The van der Waals surface area contributed by atoms with Gasteiger partial charge in [-0.1, -0.05) is 23.8 Å². The van der Waals surface area contributed by atoms with Crippen LogP contribution in [0.5, 0.6) is 0 Å². The summed E-state index contributed by atoms with van der Waals surface area (Å²) in [5, 5.41) is 4.32. The number of nitrogens with zero attached hydrogens (tertiary/aromatic N) is 3. The molecule has 0 radical (unpaired) electrons. The minimum atomic E-state index is 0.300. The maximum absolute atomic E-state index is 11.9. The van der Waals surface area contributed by atoms with Crippen LogP contribution in [-0.2, 0) is 11.3 Å². The number of hydrogen-bond donors (Lipinski definition) is 0. The van der Waals surface area contributed by atoms with Crippen LogP contribution in [0.25, 0.3) is 10.6 Å². The molecule has 0 N–H and O–H groups in total. The zero-order valence-electron chi connectivity index (χ0n) is 16.4. The van der Waals surface area contributed by atoms with Crippen molar-refractivity contribution in [2.24, 2.45) is 4.99 Å². The predicted octanol–water partition coefficient (Wildman–Crippen LogP) is 5.14. The van der Waals surface area contributed by atoms with Gasteiger partial charge in [0, 0.05) is 31.4 Å². The van der Waals surface area contributed by atoms with Crippen molar-refractivity contribution in [2.75, 3.05) is 13.1 Å². The summed E-state index contributed by atoms with van der Waals surface area (Å²) in [4.78, 5) is 21.2. The topological polar surface area (TPSA) is 37.6 Å². The highest BCUT2D eigenvalue weighted by Gasteiger charge is 2.19. The van der Waals surface area contributed by atoms with E-state index in [4.69, 9.17) is 4.99 Å². The maximum Gasteiger partial charge on any atom is 0.222 e. The number of thiazole rings is 1. The summed E-state index contributed by atoms with van der Waals surface area (Å²) in [6.45, 7) is 6.82. The van der Waals surface area contributed by atoms with Gasteiger partial charge in [0.2, 0.25) is 5.91 Å². The lowest BCUT2D eigenvalue weighted by Crippen LogP contribution is -2.27. The number of carbonyl (C=O) groups excluding carboxylic acids is 1. The first-order chi connectivity index (χ1) is 13.6. The van der Waals surface area contributed by atoms with Gasteiger partial charge in [-0.2, -0.15) is 0 Å². The van der Waals surface area contributed by atoms with Crippen molar-refractivity contribution in [3.8, 4) is 10.6 Å². The number of hydrogen-bond acceptors (Lipinski definition) is 4. The molecule has 4 nitrogen and oxygen atoms in total. The molecule has 3 heterocycles. The average molecular weight is 412 g/mol. The first kappa shape index (κ1) is 19.2. The fourth-order valence-electron chi connectivity index (χ4n) is 3.65. The number of aryl methyl sites for hydroxylation is 2. The van der Waals surface area contributed by atoms with Gasteiger partial charge in [0.05, 0.1) is 16.3 Å². The van der Waals surface area contributed by atoms with Crippen LogP contribution in [0.3, 0.4) is 0 Å². The molecule has 1 saturated heterocycles. The van der Waals surface area contributed by atoms with Crippen LogP contribution in [0, 0.1) is 13.8 Å². The fraction of sp³-hybridized carbons (Fsp3) is 0.364. The lowest BCUT2D eigenvalue weighted by molar-refractivity contribution is -0.127. The molecule has 1 amide bonds. The highest BCUT2D eigenvalue weighted by atomic mass is 32.1. The molecule has 0 bridgehead atoms. The molecule has 0 unspecified atom stereocenters. The Morgan fingerprint density at radius 2 is 2.04 bits per heavy atom. The van der Waals surface area contributed by atoms with Crippen molar-refractivity contribution >= 4 is 34.3 Å². The van der Waals surface area contributed by atoms with Crippen molar-refractivity contribution in [2.45, 2.75) is 39.7 Å². The molecule has 1 aliphatic heterocycles. The van der Waals surface area contributed by atoms with E-state index in [-0.39, 0.29) is 0 Å². The van der Waals surface area contributed by atoms with E-state index in [0.29, 0.717) is 12.3 Å². The lowest BCUT2D eigenvalue weighted by atomic mass is 10.1. The SMILES string of the molecule is Cc1ccc(N=c2scc(-c3cccs3)n2CCCN2CCCC2=O)c(C)c1. The second-order valence-corrected chi connectivity index (χ2v) is 9.06. The van der Waals surface area contributed by atoms with Gasteiger partial charge in [0.25, 0.3) is 0 Å². The van der Waals surface area contributed by atoms with Gasteiger partial charge in [-0.3, -0.25) is 4.79 Å². The van der Waals surface area contributed by atoms with Crippen LogP contribution in [0.15, 0.2) is 46.1 Å². The Hall–Kier alpha value is -2.18. The van der Waals surface area contributed by atoms with Crippen LogP contribution < -0.4 is 4.80 Å². The molecule has 2 aromatic heterocycles. The first-order valence-corrected chi connectivity index (χ1v) is 11.5. The number of carbonyl (C=O) groups is 1.